The molecule has 32 heavy (non-hydrogen) atoms. The second-order valence-corrected chi connectivity index (χ2v) is 8.22. The van der Waals surface area contributed by atoms with Crippen LogP contribution in [0.25, 0.3) is 11.3 Å². The highest BCUT2D eigenvalue weighted by molar-refractivity contribution is 5.59. The Morgan fingerprint density at radius 2 is 1.31 bits per heavy atom. The number of hydrogen-bond donors (Lipinski definition) is 2. The molecule has 1 saturated heterocycles. The van der Waals surface area contributed by atoms with Crippen LogP contribution in [0.4, 0.5) is 5.95 Å². The third kappa shape index (κ3) is 4.34. The zero-order chi connectivity index (χ0) is 21.8. The highest BCUT2D eigenvalue weighted by Gasteiger charge is 2.30. The van der Waals surface area contributed by atoms with Crippen molar-refractivity contribution in [1.82, 2.24) is 9.97 Å². The first-order chi connectivity index (χ1) is 15.8. The van der Waals surface area contributed by atoms with Crippen molar-refractivity contribution in [2.24, 2.45) is 0 Å². The molecule has 0 atom stereocenters. The molecule has 5 rings (SSSR count). The Kier molecular flexibility index (Phi) is 5.81. The van der Waals surface area contributed by atoms with E-state index in [0.717, 1.165) is 31.7 Å². The first-order valence-corrected chi connectivity index (χ1v) is 11.1. The van der Waals surface area contributed by atoms with Crippen molar-refractivity contribution >= 4 is 5.95 Å². The average Bonchev–Trinajstić information content (AvgIpc) is 2.86. The molecule has 1 aliphatic heterocycles. The summed E-state index contributed by atoms with van der Waals surface area (Å²) in [7, 11) is 0. The molecule has 2 heterocycles. The highest BCUT2D eigenvalue weighted by Crippen LogP contribution is 2.20. The summed E-state index contributed by atoms with van der Waals surface area (Å²) in [6, 6.07) is 33.2. The van der Waals surface area contributed by atoms with Gasteiger partial charge in [0.15, 0.2) is 0 Å². The van der Waals surface area contributed by atoms with E-state index in [-0.39, 0.29) is 5.56 Å². The number of aromatic amines is 1. The molecule has 0 spiro atoms. The third-order valence-electron chi connectivity index (χ3n) is 6.18. The quantitative estimate of drug-likeness (QED) is 0.519. The molecule has 0 radical (unpaired) electrons. The van der Waals surface area contributed by atoms with E-state index in [4.69, 9.17) is 4.98 Å². The minimum Gasteiger partial charge on any atom is -0.331 e. The van der Waals surface area contributed by atoms with Crippen LogP contribution in [0.5, 0.6) is 0 Å². The van der Waals surface area contributed by atoms with Crippen LogP contribution >= 0.6 is 0 Å². The molecule has 1 aromatic heterocycles. The predicted molar refractivity (Wildman–Crippen MR) is 128 cm³/mol. The van der Waals surface area contributed by atoms with Crippen molar-refractivity contribution in [2.45, 2.75) is 6.04 Å². The number of benzene rings is 3. The summed E-state index contributed by atoms with van der Waals surface area (Å²) >= 11 is 0. The maximum atomic E-state index is 12.3. The Morgan fingerprint density at radius 1 is 0.781 bits per heavy atom. The topological polar surface area (TPSA) is 53.4 Å². The second kappa shape index (κ2) is 9.20. The summed E-state index contributed by atoms with van der Waals surface area (Å²) in [6.45, 7) is 3.61. The van der Waals surface area contributed by atoms with Crippen molar-refractivity contribution in [1.29, 1.82) is 0 Å². The van der Waals surface area contributed by atoms with E-state index in [1.165, 1.54) is 16.0 Å². The minimum atomic E-state index is -0.116. The van der Waals surface area contributed by atoms with Crippen molar-refractivity contribution < 1.29 is 4.90 Å². The lowest BCUT2D eigenvalue weighted by molar-refractivity contribution is -0.926. The Labute approximate surface area is 188 Å². The Morgan fingerprint density at radius 3 is 1.88 bits per heavy atom. The van der Waals surface area contributed by atoms with Gasteiger partial charge in [-0.3, -0.25) is 9.78 Å². The van der Waals surface area contributed by atoms with E-state index in [1.807, 2.05) is 30.3 Å². The van der Waals surface area contributed by atoms with Gasteiger partial charge in [-0.05, 0) is 0 Å². The van der Waals surface area contributed by atoms with Gasteiger partial charge in [0.1, 0.15) is 6.04 Å². The van der Waals surface area contributed by atoms with Gasteiger partial charge in [0.2, 0.25) is 5.95 Å². The standard InChI is InChI=1S/C27H26N4O/c32-25-20-24(21-10-4-1-5-11-21)28-27(29-25)31-18-16-30(17-19-31)26(22-12-6-2-7-13-22)23-14-8-3-9-15-23/h1-15,20,26H,16-19H2,(H,28,29,32)/p+1. The molecule has 1 aliphatic rings. The van der Waals surface area contributed by atoms with E-state index in [0.29, 0.717) is 17.7 Å². The predicted octanol–water partition coefficient (Wildman–Crippen LogP) is 2.93. The summed E-state index contributed by atoms with van der Waals surface area (Å²) in [6.07, 6.45) is 0. The van der Waals surface area contributed by atoms with E-state index in [2.05, 4.69) is 70.5 Å². The summed E-state index contributed by atoms with van der Waals surface area (Å²) in [4.78, 5) is 23.8. The van der Waals surface area contributed by atoms with E-state index in [9.17, 15) is 4.79 Å². The van der Waals surface area contributed by atoms with Crippen LogP contribution in [0, 0.1) is 0 Å². The SMILES string of the molecule is O=c1cc(-c2ccccc2)nc(N2CC[NH+](C(c3ccccc3)c3ccccc3)CC2)[nH]1. The van der Waals surface area contributed by atoms with Crippen LogP contribution in [0.1, 0.15) is 17.2 Å². The maximum Gasteiger partial charge on any atom is 0.252 e. The molecule has 5 nitrogen and oxygen atoms in total. The number of piperazine rings is 1. The normalized spacial score (nSPS) is 14.6. The van der Waals surface area contributed by atoms with Gasteiger partial charge in [-0.15, -0.1) is 0 Å². The summed E-state index contributed by atoms with van der Waals surface area (Å²) in [5, 5.41) is 0. The van der Waals surface area contributed by atoms with Crippen LogP contribution in [0.15, 0.2) is 102 Å². The molecular formula is C27H27N4O+. The van der Waals surface area contributed by atoms with Crippen LogP contribution in [-0.2, 0) is 0 Å². The van der Waals surface area contributed by atoms with Gasteiger partial charge in [0, 0.05) is 22.8 Å². The van der Waals surface area contributed by atoms with Crippen molar-refractivity contribution in [3.8, 4) is 11.3 Å². The number of aromatic nitrogens is 2. The largest absolute Gasteiger partial charge is 0.331 e. The number of anilines is 1. The van der Waals surface area contributed by atoms with Crippen LogP contribution in [0.2, 0.25) is 0 Å². The van der Waals surface area contributed by atoms with Crippen molar-refractivity contribution in [2.75, 3.05) is 31.1 Å². The lowest BCUT2D eigenvalue weighted by Crippen LogP contribution is -3.15. The molecule has 0 saturated carbocycles. The van der Waals surface area contributed by atoms with E-state index < -0.39 is 0 Å². The molecule has 5 heteroatoms. The fraction of sp³-hybridized carbons (Fsp3) is 0.185. The van der Waals surface area contributed by atoms with Gasteiger partial charge in [-0.1, -0.05) is 91.0 Å². The smallest absolute Gasteiger partial charge is 0.252 e. The fourth-order valence-corrected chi connectivity index (χ4v) is 4.60. The Bertz CT molecular complexity index is 1160. The summed E-state index contributed by atoms with van der Waals surface area (Å²) < 4.78 is 0. The van der Waals surface area contributed by atoms with Gasteiger partial charge in [-0.2, -0.15) is 0 Å². The zero-order valence-electron chi connectivity index (χ0n) is 17.9. The molecule has 1 fully saturated rings. The molecular weight excluding hydrogens is 396 g/mol. The number of hydrogen-bond acceptors (Lipinski definition) is 3. The first-order valence-electron chi connectivity index (χ1n) is 11.1. The lowest BCUT2D eigenvalue weighted by atomic mass is 9.96. The molecule has 160 valence electrons. The fourth-order valence-electron chi connectivity index (χ4n) is 4.60. The molecule has 4 aromatic rings. The van der Waals surface area contributed by atoms with Crippen LogP contribution < -0.4 is 15.4 Å². The molecule has 3 aromatic carbocycles. The van der Waals surface area contributed by atoms with Gasteiger partial charge in [-0.25, -0.2) is 4.98 Å². The number of H-pyrrole nitrogens is 1. The van der Waals surface area contributed by atoms with Crippen LogP contribution in [0.3, 0.4) is 0 Å². The van der Waals surface area contributed by atoms with Gasteiger partial charge in [0.05, 0.1) is 31.9 Å². The highest BCUT2D eigenvalue weighted by atomic mass is 16.1. The third-order valence-corrected chi connectivity index (χ3v) is 6.18. The number of rotatable bonds is 5. The molecule has 0 aliphatic carbocycles. The van der Waals surface area contributed by atoms with Gasteiger partial charge < -0.3 is 9.80 Å². The second-order valence-electron chi connectivity index (χ2n) is 8.22. The van der Waals surface area contributed by atoms with E-state index >= 15 is 0 Å². The first kappa shape index (κ1) is 20.2. The van der Waals surface area contributed by atoms with Crippen molar-refractivity contribution in [3.05, 3.63) is 119 Å². The monoisotopic (exact) mass is 423 g/mol. The Balaban J connectivity index is 1.38. The van der Waals surface area contributed by atoms with Crippen molar-refractivity contribution in [3.63, 3.8) is 0 Å². The number of nitrogens with zero attached hydrogens (tertiary/aromatic N) is 2. The molecule has 0 unspecified atom stereocenters. The molecule has 0 amide bonds. The molecule has 2 N–H and O–H groups in total. The van der Waals surface area contributed by atoms with E-state index in [1.54, 1.807) is 6.07 Å². The molecule has 0 bridgehead atoms. The number of quaternary nitrogens is 1. The Hall–Kier alpha value is -3.70. The summed E-state index contributed by atoms with van der Waals surface area (Å²) in [5.74, 6) is 0.659. The van der Waals surface area contributed by atoms with Crippen LogP contribution in [-0.4, -0.2) is 36.1 Å². The minimum absolute atomic E-state index is 0.116. The van der Waals surface area contributed by atoms with Gasteiger partial charge >= 0.3 is 0 Å². The average molecular weight is 424 g/mol. The summed E-state index contributed by atoms with van der Waals surface area (Å²) in [5.41, 5.74) is 4.22. The maximum absolute atomic E-state index is 12.3. The van der Waals surface area contributed by atoms with Gasteiger partial charge in [0.25, 0.3) is 5.56 Å². The number of nitrogens with one attached hydrogen (secondary N) is 2. The lowest BCUT2D eigenvalue weighted by Gasteiger charge is -2.37. The zero-order valence-corrected chi connectivity index (χ0v) is 17.9.